The molecular weight excluding hydrogens is 613 g/mol. The number of hydrogen-bond acceptors (Lipinski definition) is 4. The van der Waals surface area contributed by atoms with Crippen LogP contribution in [0.1, 0.15) is 51.8 Å². The standard InChI is InChI=1S/C45H34N4O/c1-4-13-29(14-5-1)32-23-26-39-37(27-32)34-19-10-11-21-38(34)49(39)33-24-25-35-41(28-33)50-40-22-12-20-36(42(35)40)45-47-43(30-15-6-2-7-16-30)46-44(48-45)31-17-8-3-9-18-31/h1-26,28,32,43,45,47H,27H2,(H,46,48). The maximum atomic E-state index is 6.66. The Labute approximate surface area is 290 Å². The Hall–Kier alpha value is -6.17. The van der Waals surface area contributed by atoms with E-state index in [1.165, 1.54) is 27.7 Å². The smallest absolute Gasteiger partial charge is 0.137 e. The van der Waals surface area contributed by atoms with Crippen molar-refractivity contribution in [1.82, 2.24) is 15.2 Å². The first-order valence-corrected chi connectivity index (χ1v) is 17.3. The van der Waals surface area contributed by atoms with Crippen LogP contribution in [0.25, 0.3) is 44.6 Å². The Morgan fingerprint density at radius 3 is 2.22 bits per heavy atom. The summed E-state index contributed by atoms with van der Waals surface area (Å²) in [6.07, 6.45) is 5.24. The van der Waals surface area contributed by atoms with Gasteiger partial charge in [0.1, 0.15) is 29.3 Å². The Kier molecular flexibility index (Phi) is 6.78. The van der Waals surface area contributed by atoms with Gasteiger partial charge in [-0.1, -0.05) is 127 Å². The summed E-state index contributed by atoms with van der Waals surface area (Å²) in [7, 11) is 0. The predicted molar refractivity (Wildman–Crippen MR) is 204 cm³/mol. The topological polar surface area (TPSA) is 54.5 Å². The summed E-state index contributed by atoms with van der Waals surface area (Å²) >= 11 is 0. The van der Waals surface area contributed by atoms with Gasteiger partial charge in [0.05, 0.1) is 5.52 Å². The van der Waals surface area contributed by atoms with Crippen LogP contribution in [0.5, 0.6) is 0 Å². The molecule has 2 aromatic heterocycles. The second-order valence-corrected chi connectivity index (χ2v) is 13.2. The number of amidine groups is 1. The molecule has 0 bridgehead atoms. The quantitative estimate of drug-likeness (QED) is 0.196. The summed E-state index contributed by atoms with van der Waals surface area (Å²) in [4.78, 5) is 5.11. The Bertz CT molecular complexity index is 2580. The van der Waals surface area contributed by atoms with Crippen molar-refractivity contribution in [3.63, 3.8) is 0 Å². The normalized spacial score (nSPS) is 18.6. The average Bonchev–Trinajstić information content (AvgIpc) is 3.74. The molecule has 2 aliphatic rings. The fraction of sp³-hybridized carbons (Fsp3) is 0.0889. The lowest BCUT2D eigenvalue weighted by atomic mass is 9.87. The molecule has 5 heteroatoms. The molecule has 3 unspecified atom stereocenters. The molecule has 1 aliphatic carbocycles. The van der Waals surface area contributed by atoms with E-state index in [0.29, 0.717) is 5.92 Å². The van der Waals surface area contributed by atoms with E-state index in [2.05, 4.69) is 167 Å². The van der Waals surface area contributed by atoms with Crippen molar-refractivity contribution in [2.24, 2.45) is 4.99 Å². The molecule has 8 aromatic rings. The molecule has 6 aromatic carbocycles. The minimum atomic E-state index is -0.208. The minimum absolute atomic E-state index is 0.194. The molecule has 0 amide bonds. The van der Waals surface area contributed by atoms with Gasteiger partial charge in [-0.2, -0.15) is 0 Å². The van der Waals surface area contributed by atoms with Crippen molar-refractivity contribution in [3.05, 3.63) is 191 Å². The van der Waals surface area contributed by atoms with E-state index in [-0.39, 0.29) is 12.3 Å². The molecule has 0 saturated carbocycles. The van der Waals surface area contributed by atoms with Gasteiger partial charge in [-0.25, -0.2) is 4.99 Å². The third-order valence-electron chi connectivity index (χ3n) is 10.3. The van der Waals surface area contributed by atoms with E-state index >= 15 is 0 Å². The summed E-state index contributed by atoms with van der Waals surface area (Å²) in [5.74, 6) is 1.22. The van der Waals surface area contributed by atoms with Crippen LogP contribution in [-0.4, -0.2) is 10.4 Å². The molecule has 3 atom stereocenters. The molecule has 10 rings (SSSR count). The Balaban J connectivity index is 1.07. The first-order valence-electron chi connectivity index (χ1n) is 17.3. The summed E-state index contributed by atoms with van der Waals surface area (Å²) in [6.45, 7) is 0. The monoisotopic (exact) mass is 646 g/mol. The molecule has 0 radical (unpaired) electrons. The zero-order chi connectivity index (χ0) is 33.0. The highest BCUT2D eigenvalue weighted by atomic mass is 16.3. The average molecular weight is 647 g/mol. The molecule has 3 heterocycles. The Morgan fingerprint density at radius 1 is 0.660 bits per heavy atom. The molecular formula is C45H34N4O. The highest BCUT2D eigenvalue weighted by molar-refractivity contribution is 6.08. The number of rotatable bonds is 5. The van der Waals surface area contributed by atoms with Crippen molar-refractivity contribution in [1.29, 1.82) is 0 Å². The van der Waals surface area contributed by atoms with E-state index < -0.39 is 0 Å². The molecule has 1 aliphatic heterocycles. The Morgan fingerprint density at radius 2 is 1.40 bits per heavy atom. The molecule has 50 heavy (non-hydrogen) atoms. The number of furan rings is 1. The zero-order valence-corrected chi connectivity index (χ0v) is 27.3. The number of aliphatic imine (C=N–C) groups is 1. The van der Waals surface area contributed by atoms with Gasteiger partial charge >= 0.3 is 0 Å². The third kappa shape index (κ3) is 4.78. The van der Waals surface area contributed by atoms with Crippen molar-refractivity contribution < 1.29 is 4.42 Å². The fourth-order valence-corrected chi connectivity index (χ4v) is 7.91. The maximum absolute atomic E-state index is 6.66. The van der Waals surface area contributed by atoms with Gasteiger partial charge in [0.25, 0.3) is 0 Å². The largest absolute Gasteiger partial charge is 0.456 e. The second-order valence-electron chi connectivity index (χ2n) is 13.2. The van der Waals surface area contributed by atoms with E-state index in [1.807, 2.05) is 12.1 Å². The van der Waals surface area contributed by atoms with Crippen molar-refractivity contribution in [2.45, 2.75) is 24.7 Å². The lowest BCUT2D eigenvalue weighted by molar-refractivity contribution is 0.411. The lowest BCUT2D eigenvalue weighted by Gasteiger charge is -2.32. The van der Waals surface area contributed by atoms with Crippen LogP contribution in [-0.2, 0) is 6.42 Å². The van der Waals surface area contributed by atoms with Gasteiger partial charge in [-0.15, -0.1) is 0 Å². The second kappa shape index (κ2) is 11.8. The van der Waals surface area contributed by atoms with Gasteiger partial charge in [0.15, 0.2) is 0 Å². The number of hydrogen-bond donors (Lipinski definition) is 2. The number of aromatic nitrogens is 1. The van der Waals surface area contributed by atoms with Gasteiger partial charge in [-0.05, 0) is 53.5 Å². The van der Waals surface area contributed by atoms with E-state index in [1.54, 1.807) is 0 Å². The van der Waals surface area contributed by atoms with Crippen molar-refractivity contribution >= 4 is 44.8 Å². The summed E-state index contributed by atoms with van der Waals surface area (Å²) in [6, 6.07) is 53.4. The van der Waals surface area contributed by atoms with E-state index in [9.17, 15) is 0 Å². The lowest BCUT2D eigenvalue weighted by Crippen LogP contribution is -2.45. The van der Waals surface area contributed by atoms with Gasteiger partial charge in [0.2, 0.25) is 0 Å². The van der Waals surface area contributed by atoms with Crippen LogP contribution in [0.2, 0.25) is 0 Å². The van der Waals surface area contributed by atoms with Crippen molar-refractivity contribution in [2.75, 3.05) is 0 Å². The van der Waals surface area contributed by atoms with Gasteiger partial charge in [0, 0.05) is 50.7 Å². The van der Waals surface area contributed by atoms with Crippen LogP contribution in [0.15, 0.2) is 167 Å². The highest BCUT2D eigenvalue weighted by Gasteiger charge is 2.28. The molecule has 0 spiro atoms. The first-order chi connectivity index (χ1) is 24.8. The zero-order valence-electron chi connectivity index (χ0n) is 27.3. The maximum Gasteiger partial charge on any atom is 0.137 e. The summed E-state index contributed by atoms with van der Waals surface area (Å²) in [5, 5.41) is 11.0. The SMILES string of the molecule is C1=CC(c2ccccc2)Cc2c1n(-c1ccc3c(c1)oc1cccc(C4NC(c5ccccc5)=NC(c5ccccc5)N4)c13)c1ccccc21. The number of para-hydroxylation sites is 1. The van der Waals surface area contributed by atoms with E-state index in [0.717, 1.165) is 56.6 Å². The van der Waals surface area contributed by atoms with Gasteiger partial charge < -0.3 is 14.3 Å². The highest BCUT2D eigenvalue weighted by Crippen LogP contribution is 2.41. The van der Waals surface area contributed by atoms with Gasteiger partial charge in [-0.3, -0.25) is 5.32 Å². The number of benzene rings is 6. The molecule has 2 N–H and O–H groups in total. The molecule has 0 saturated heterocycles. The minimum Gasteiger partial charge on any atom is -0.456 e. The number of nitrogens with zero attached hydrogens (tertiary/aromatic N) is 2. The van der Waals surface area contributed by atoms with E-state index in [4.69, 9.17) is 9.41 Å². The first kappa shape index (κ1) is 28.8. The molecule has 5 nitrogen and oxygen atoms in total. The summed E-state index contributed by atoms with van der Waals surface area (Å²) < 4.78 is 9.06. The van der Waals surface area contributed by atoms with Crippen LogP contribution < -0.4 is 10.6 Å². The molecule has 240 valence electrons. The molecule has 0 fully saturated rings. The number of nitrogens with one attached hydrogen (secondary N) is 2. The van der Waals surface area contributed by atoms with Crippen LogP contribution in [0.3, 0.4) is 0 Å². The third-order valence-corrected chi connectivity index (χ3v) is 10.3. The number of allylic oxidation sites excluding steroid dienone is 1. The van der Waals surface area contributed by atoms with Crippen LogP contribution in [0.4, 0.5) is 0 Å². The predicted octanol–water partition coefficient (Wildman–Crippen LogP) is 10.2. The van der Waals surface area contributed by atoms with Crippen molar-refractivity contribution in [3.8, 4) is 5.69 Å². The number of fused-ring (bicyclic) bond motifs is 6. The van der Waals surface area contributed by atoms with Crippen LogP contribution in [0, 0.1) is 0 Å². The fourth-order valence-electron chi connectivity index (χ4n) is 7.91. The van der Waals surface area contributed by atoms with Crippen LogP contribution >= 0.6 is 0 Å². The summed E-state index contributed by atoms with van der Waals surface area (Å²) in [5.41, 5.74) is 11.3.